The molecule has 3 saturated carbocycles. The van der Waals surface area contributed by atoms with Gasteiger partial charge < -0.3 is 14.2 Å². The molecule has 4 heteroatoms. The molecule has 4 nitrogen and oxygen atoms in total. The molecule has 2 bridgehead atoms. The highest BCUT2D eigenvalue weighted by Gasteiger charge is 2.71. The van der Waals surface area contributed by atoms with E-state index in [4.69, 9.17) is 14.2 Å². The van der Waals surface area contributed by atoms with E-state index in [0.29, 0.717) is 36.2 Å². The van der Waals surface area contributed by atoms with E-state index < -0.39 is 0 Å². The second-order valence-corrected chi connectivity index (χ2v) is 21.1. The van der Waals surface area contributed by atoms with Crippen LogP contribution in [0, 0.1) is 73.4 Å². The fourth-order valence-corrected chi connectivity index (χ4v) is 12.7. The Labute approximate surface area is 306 Å². The molecule has 280 valence electrons. The van der Waals surface area contributed by atoms with Gasteiger partial charge in [-0.2, -0.15) is 0 Å². The zero-order valence-corrected chi connectivity index (χ0v) is 34.2. The molecule has 0 aromatic heterocycles. The quantitative estimate of drug-likeness (QED) is 0.201. The van der Waals surface area contributed by atoms with Crippen LogP contribution in [0.15, 0.2) is 42.0 Å². The lowest BCUT2D eigenvalue weighted by molar-refractivity contribution is -0.256. The van der Waals surface area contributed by atoms with Crippen LogP contribution >= 0.6 is 0 Å². The lowest BCUT2D eigenvalue weighted by Gasteiger charge is -2.71. The first-order valence-electron chi connectivity index (χ1n) is 20.3. The second kappa shape index (κ2) is 12.7. The van der Waals surface area contributed by atoms with Crippen molar-refractivity contribution in [3.05, 3.63) is 47.5 Å². The van der Waals surface area contributed by atoms with E-state index in [-0.39, 0.29) is 55.9 Å². The van der Waals surface area contributed by atoms with Gasteiger partial charge in [0.25, 0.3) is 0 Å². The Kier molecular flexibility index (Phi) is 9.71. The van der Waals surface area contributed by atoms with Gasteiger partial charge in [0.2, 0.25) is 0 Å². The van der Waals surface area contributed by atoms with Crippen molar-refractivity contribution in [2.75, 3.05) is 19.8 Å². The van der Waals surface area contributed by atoms with Crippen molar-refractivity contribution in [1.82, 2.24) is 0 Å². The molecule has 1 aromatic rings. The van der Waals surface area contributed by atoms with E-state index in [2.05, 4.69) is 108 Å². The third-order valence-electron chi connectivity index (χ3n) is 17.2. The minimum absolute atomic E-state index is 0.00458. The minimum atomic E-state index is -0.197. The summed E-state index contributed by atoms with van der Waals surface area (Å²) >= 11 is 0. The van der Waals surface area contributed by atoms with E-state index in [0.717, 1.165) is 51.1 Å². The highest BCUT2D eigenvalue weighted by molar-refractivity contribution is 5.75. The van der Waals surface area contributed by atoms with Crippen LogP contribution in [-0.4, -0.2) is 31.9 Å². The fourth-order valence-electron chi connectivity index (χ4n) is 12.7. The summed E-state index contributed by atoms with van der Waals surface area (Å²) in [5, 5.41) is 0. The van der Waals surface area contributed by atoms with Crippen molar-refractivity contribution >= 4 is 5.97 Å². The van der Waals surface area contributed by atoms with Gasteiger partial charge in [0.1, 0.15) is 6.61 Å². The molecule has 0 N–H and O–H groups in total. The normalized spacial score (nSPS) is 42.1. The van der Waals surface area contributed by atoms with Crippen molar-refractivity contribution in [2.24, 2.45) is 73.4 Å². The van der Waals surface area contributed by atoms with Crippen LogP contribution in [0.3, 0.4) is 0 Å². The number of hydrogen-bond acceptors (Lipinski definition) is 4. The van der Waals surface area contributed by atoms with Crippen LogP contribution in [0.4, 0.5) is 0 Å². The molecule has 1 heterocycles. The van der Waals surface area contributed by atoms with Gasteiger partial charge in [-0.05, 0) is 101 Å². The third-order valence-corrected chi connectivity index (χ3v) is 17.2. The van der Waals surface area contributed by atoms with Gasteiger partial charge in [-0.1, -0.05) is 132 Å². The van der Waals surface area contributed by atoms with Crippen molar-refractivity contribution < 1.29 is 19.0 Å². The Bertz CT molecular complexity index is 1440. The number of hydrogen-bond donors (Lipinski definition) is 0. The molecule has 6 rings (SSSR count). The van der Waals surface area contributed by atoms with E-state index in [9.17, 15) is 4.79 Å². The standard InChI is InChI=1S/C46H72O4/c1-30(2)32(4)42(10)23-24-44(12)34-19-20-36-43(11)28-48-29-46(36,25-31(3)38(43)50-27-41(8,9)40(5,6)7)35(34)21-22-45(44,13)37(42)39(47)49-26-33-17-15-14-16-18-33/h14-18,21,30-32,34,36-38H,19-20,22-29H2,1-13H3/t31-,32-,34+,36+,37-,38+,42-,43+,44-,45+,46+/m1/s1. The lowest BCUT2D eigenvalue weighted by atomic mass is 9.34. The molecule has 11 atom stereocenters. The SMILES string of the molecule is CC(C)[C@@H](C)[C@@]1(C)CC[C@]2(C)[C@H]3CC[C@@H]4[C@@]5(COC[C@]4(C)[C@@H](OCC(C)(C)C(C)(C)C)[C@H](C)C5)C3=CC[C@@]2(C)[C@@H]1C(=O)OCc1ccccc1. The molecule has 1 aromatic carbocycles. The average molecular weight is 689 g/mol. The first-order valence-corrected chi connectivity index (χ1v) is 20.3. The van der Waals surface area contributed by atoms with Gasteiger partial charge in [-0.15, -0.1) is 0 Å². The molecule has 1 aliphatic heterocycles. The lowest BCUT2D eigenvalue weighted by Crippen LogP contribution is -2.69. The second-order valence-electron chi connectivity index (χ2n) is 21.1. The molecular formula is C46H72O4. The maximum atomic E-state index is 14.7. The summed E-state index contributed by atoms with van der Waals surface area (Å²) in [6.45, 7) is 34.0. The number of ether oxygens (including phenoxy) is 3. The predicted molar refractivity (Wildman–Crippen MR) is 204 cm³/mol. The van der Waals surface area contributed by atoms with Gasteiger partial charge in [0.15, 0.2) is 0 Å². The summed E-state index contributed by atoms with van der Waals surface area (Å²) in [5.74, 6) is 2.22. The third kappa shape index (κ3) is 5.61. The zero-order chi connectivity index (χ0) is 36.7. The number of esters is 1. The van der Waals surface area contributed by atoms with Crippen LogP contribution in [0.25, 0.3) is 0 Å². The zero-order valence-electron chi connectivity index (χ0n) is 34.2. The molecule has 0 radical (unpaired) electrons. The number of rotatable bonds is 8. The Hall–Kier alpha value is -1.65. The Morgan fingerprint density at radius 1 is 0.940 bits per heavy atom. The first-order chi connectivity index (χ1) is 23.2. The number of carbonyl (C=O) groups is 1. The van der Waals surface area contributed by atoms with E-state index in [1.54, 1.807) is 5.57 Å². The molecular weight excluding hydrogens is 617 g/mol. The molecule has 0 amide bonds. The molecule has 50 heavy (non-hydrogen) atoms. The Balaban J connectivity index is 1.36. The minimum Gasteiger partial charge on any atom is -0.461 e. The van der Waals surface area contributed by atoms with Gasteiger partial charge in [-0.25, -0.2) is 0 Å². The largest absolute Gasteiger partial charge is 0.461 e. The summed E-state index contributed by atoms with van der Waals surface area (Å²) < 4.78 is 20.2. The summed E-state index contributed by atoms with van der Waals surface area (Å²) in [4.78, 5) is 14.7. The Morgan fingerprint density at radius 2 is 1.62 bits per heavy atom. The Morgan fingerprint density at radius 3 is 2.26 bits per heavy atom. The molecule has 5 aliphatic rings. The van der Waals surface area contributed by atoms with E-state index in [1.807, 2.05) is 18.2 Å². The van der Waals surface area contributed by atoms with Crippen molar-refractivity contribution in [2.45, 2.75) is 141 Å². The van der Waals surface area contributed by atoms with Crippen molar-refractivity contribution in [3.63, 3.8) is 0 Å². The van der Waals surface area contributed by atoms with E-state index in [1.165, 1.54) is 12.8 Å². The van der Waals surface area contributed by atoms with Gasteiger partial charge in [-0.3, -0.25) is 4.79 Å². The molecule has 4 aliphatic carbocycles. The van der Waals surface area contributed by atoms with E-state index >= 15 is 0 Å². The molecule has 4 fully saturated rings. The van der Waals surface area contributed by atoms with Crippen LogP contribution in [0.2, 0.25) is 0 Å². The summed E-state index contributed by atoms with van der Waals surface area (Å²) in [6, 6.07) is 10.2. The highest BCUT2D eigenvalue weighted by Crippen LogP contribution is 2.75. The number of carbonyl (C=O) groups excluding carboxylic acids is 1. The van der Waals surface area contributed by atoms with Gasteiger partial charge >= 0.3 is 5.97 Å². The van der Waals surface area contributed by atoms with Crippen LogP contribution in [0.5, 0.6) is 0 Å². The van der Waals surface area contributed by atoms with Crippen molar-refractivity contribution in [1.29, 1.82) is 0 Å². The number of benzene rings is 1. The molecule has 0 spiro atoms. The fraction of sp³-hybridized carbons (Fsp3) is 0.804. The van der Waals surface area contributed by atoms with Gasteiger partial charge in [0.05, 0.1) is 31.8 Å². The topological polar surface area (TPSA) is 44.8 Å². The number of allylic oxidation sites excluding steroid dienone is 1. The van der Waals surface area contributed by atoms with Crippen LogP contribution in [0.1, 0.15) is 134 Å². The van der Waals surface area contributed by atoms with Crippen molar-refractivity contribution in [3.8, 4) is 0 Å². The van der Waals surface area contributed by atoms with Crippen LogP contribution in [-0.2, 0) is 25.6 Å². The maximum absolute atomic E-state index is 14.7. The smallest absolute Gasteiger partial charge is 0.310 e. The predicted octanol–water partition coefficient (Wildman–Crippen LogP) is 11.3. The molecule has 0 unspecified atom stereocenters. The summed E-state index contributed by atoms with van der Waals surface area (Å²) in [7, 11) is 0. The number of fused-ring (bicyclic) bond motifs is 3. The maximum Gasteiger partial charge on any atom is 0.310 e. The van der Waals surface area contributed by atoms with Gasteiger partial charge in [0, 0.05) is 10.8 Å². The molecule has 1 saturated heterocycles. The first kappa shape index (κ1) is 38.1. The van der Waals surface area contributed by atoms with Crippen LogP contribution < -0.4 is 0 Å². The summed E-state index contributed by atoms with van der Waals surface area (Å²) in [5.41, 5.74) is 2.70. The average Bonchev–Trinajstić information content (AvgIpc) is 3.03. The summed E-state index contributed by atoms with van der Waals surface area (Å²) in [6.07, 6.45) is 9.54. The highest BCUT2D eigenvalue weighted by atomic mass is 16.5. The monoisotopic (exact) mass is 689 g/mol.